The second-order valence-electron chi connectivity index (χ2n) is 6.73. The van der Waals surface area contributed by atoms with Gasteiger partial charge in [-0.1, -0.05) is 55.3 Å². The molecule has 0 bridgehead atoms. The van der Waals surface area contributed by atoms with Crippen molar-refractivity contribution in [2.75, 3.05) is 24.2 Å². The lowest BCUT2D eigenvalue weighted by Gasteiger charge is -2.30. The molecule has 2 rings (SSSR count). The molecule has 4 heteroatoms. The molecule has 2 N–H and O–H groups in total. The number of halogens is 2. The lowest BCUT2D eigenvalue weighted by Crippen LogP contribution is -2.21. The molecule has 0 spiro atoms. The summed E-state index contributed by atoms with van der Waals surface area (Å²) in [4.78, 5) is 0. The van der Waals surface area contributed by atoms with Crippen LogP contribution in [0.15, 0.2) is 42.5 Å². The van der Waals surface area contributed by atoms with Crippen molar-refractivity contribution in [3.05, 3.63) is 63.6 Å². The van der Waals surface area contributed by atoms with Crippen LogP contribution in [0.3, 0.4) is 0 Å². The summed E-state index contributed by atoms with van der Waals surface area (Å²) in [6.45, 7) is 7.45. The highest BCUT2D eigenvalue weighted by Crippen LogP contribution is 2.38. The third kappa shape index (κ3) is 4.96. The second-order valence-corrected chi connectivity index (χ2v) is 7.57. The largest absolute Gasteiger partial charge is 0.388 e. The first-order valence-electron chi connectivity index (χ1n) is 9.11. The Hall–Kier alpha value is -1.64. The molecule has 0 aliphatic carbocycles. The third-order valence-corrected chi connectivity index (χ3v) is 5.49. The van der Waals surface area contributed by atoms with Crippen molar-refractivity contribution in [2.24, 2.45) is 0 Å². The van der Waals surface area contributed by atoms with Gasteiger partial charge < -0.3 is 10.6 Å². The first kappa shape index (κ1) is 20.7. The number of anilines is 2. The summed E-state index contributed by atoms with van der Waals surface area (Å²) in [7, 11) is 1.95. The minimum Gasteiger partial charge on any atom is -0.388 e. The van der Waals surface area contributed by atoms with E-state index >= 15 is 0 Å². The zero-order valence-electron chi connectivity index (χ0n) is 16.0. The van der Waals surface area contributed by atoms with E-state index in [0.717, 1.165) is 46.4 Å². The fourth-order valence-corrected chi connectivity index (χ4v) is 3.52. The lowest BCUT2D eigenvalue weighted by molar-refractivity contribution is 0.463. The van der Waals surface area contributed by atoms with Crippen LogP contribution in [0.4, 0.5) is 11.4 Å². The minimum absolute atomic E-state index is 0.00404. The average Bonchev–Trinajstić information content (AvgIpc) is 2.63. The van der Waals surface area contributed by atoms with E-state index in [1.54, 1.807) is 0 Å². The van der Waals surface area contributed by atoms with Gasteiger partial charge in [-0.2, -0.15) is 0 Å². The number of hydrogen-bond acceptors (Lipinski definition) is 2. The Morgan fingerprint density at radius 1 is 1.08 bits per heavy atom. The molecule has 1 unspecified atom stereocenters. The van der Waals surface area contributed by atoms with E-state index in [4.69, 9.17) is 23.2 Å². The normalized spacial score (nSPS) is 13.6. The Bertz CT molecular complexity index is 771. The molecule has 0 aromatic heterocycles. The van der Waals surface area contributed by atoms with E-state index in [-0.39, 0.29) is 5.41 Å². The molecule has 26 heavy (non-hydrogen) atoms. The molecular formula is C22H28Cl2N2. The summed E-state index contributed by atoms with van der Waals surface area (Å²) in [6.07, 6.45) is 6.23. The predicted octanol–water partition coefficient (Wildman–Crippen LogP) is 7.24. The van der Waals surface area contributed by atoms with Crippen LogP contribution in [0.5, 0.6) is 0 Å². The smallest absolute Gasteiger partial charge is 0.0498 e. The molecule has 0 amide bonds. The van der Waals surface area contributed by atoms with Crippen molar-refractivity contribution in [3.63, 3.8) is 0 Å². The van der Waals surface area contributed by atoms with E-state index in [9.17, 15) is 0 Å². The average molecular weight is 391 g/mol. The van der Waals surface area contributed by atoms with Gasteiger partial charge in [0.2, 0.25) is 0 Å². The Balaban J connectivity index is 2.23. The summed E-state index contributed by atoms with van der Waals surface area (Å²) in [5, 5.41) is 8.09. The van der Waals surface area contributed by atoms with Gasteiger partial charge in [0, 0.05) is 35.0 Å². The van der Waals surface area contributed by atoms with E-state index in [1.807, 2.05) is 25.2 Å². The van der Waals surface area contributed by atoms with E-state index in [1.165, 1.54) is 5.56 Å². The van der Waals surface area contributed by atoms with Crippen LogP contribution in [-0.4, -0.2) is 13.6 Å². The van der Waals surface area contributed by atoms with Crippen LogP contribution in [0.1, 0.15) is 44.7 Å². The van der Waals surface area contributed by atoms with Gasteiger partial charge in [0.05, 0.1) is 0 Å². The number of nitrogens with one attached hydrogen (secondary N) is 2. The molecule has 140 valence electrons. The number of rotatable bonds is 8. The van der Waals surface area contributed by atoms with Gasteiger partial charge in [-0.3, -0.25) is 0 Å². The Morgan fingerprint density at radius 3 is 2.46 bits per heavy atom. The molecule has 2 nitrogen and oxygen atoms in total. The maximum atomic E-state index is 6.42. The van der Waals surface area contributed by atoms with Crippen LogP contribution in [0.2, 0.25) is 10.0 Å². The molecule has 0 fully saturated rings. The molecule has 0 aliphatic heterocycles. The van der Waals surface area contributed by atoms with Gasteiger partial charge in [0.25, 0.3) is 0 Å². The van der Waals surface area contributed by atoms with E-state index in [0.29, 0.717) is 0 Å². The second kappa shape index (κ2) is 9.34. The molecule has 1 atom stereocenters. The van der Waals surface area contributed by atoms with Gasteiger partial charge in [-0.05, 0) is 66.6 Å². The molecule has 0 aliphatic rings. The third-order valence-electron chi connectivity index (χ3n) is 4.93. The van der Waals surface area contributed by atoms with Crippen LogP contribution in [-0.2, 0) is 5.41 Å². The quantitative estimate of drug-likeness (QED) is 0.496. The van der Waals surface area contributed by atoms with Gasteiger partial charge in [-0.15, -0.1) is 0 Å². The van der Waals surface area contributed by atoms with Gasteiger partial charge in [0.15, 0.2) is 0 Å². The van der Waals surface area contributed by atoms with Crippen molar-refractivity contribution in [3.8, 4) is 0 Å². The monoisotopic (exact) mass is 390 g/mol. The van der Waals surface area contributed by atoms with Gasteiger partial charge in [0.1, 0.15) is 0 Å². The van der Waals surface area contributed by atoms with Gasteiger partial charge >= 0.3 is 0 Å². The Kier molecular flexibility index (Phi) is 7.43. The van der Waals surface area contributed by atoms with Crippen LogP contribution >= 0.6 is 23.2 Å². The maximum absolute atomic E-state index is 6.42. The number of hydrogen-bond donors (Lipinski definition) is 2. The first-order chi connectivity index (χ1) is 12.4. The first-order valence-corrected chi connectivity index (χ1v) is 9.87. The zero-order valence-corrected chi connectivity index (χ0v) is 17.5. The zero-order chi connectivity index (χ0) is 19.2. The molecule has 0 saturated heterocycles. The lowest BCUT2D eigenvalue weighted by atomic mass is 9.76. The van der Waals surface area contributed by atoms with Crippen molar-refractivity contribution >= 4 is 40.7 Å². The number of allylic oxidation sites excluding steroid dienone is 1. The van der Waals surface area contributed by atoms with E-state index in [2.05, 4.69) is 61.8 Å². The molecule has 0 radical (unpaired) electrons. The predicted molar refractivity (Wildman–Crippen MR) is 118 cm³/mol. The molecule has 2 aromatic carbocycles. The summed E-state index contributed by atoms with van der Waals surface area (Å²) in [5.74, 6) is 0. The van der Waals surface area contributed by atoms with Crippen molar-refractivity contribution in [2.45, 2.75) is 39.0 Å². The maximum Gasteiger partial charge on any atom is 0.0498 e. The summed E-state index contributed by atoms with van der Waals surface area (Å²) in [6, 6.07) is 12.1. The van der Waals surface area contributed by atoms with E-state index < -0.39 is 0 Å². The summed E-state index contributed by atoms with van der Waals surface area (Å²) < 4.78 is 0. The van der Waals surface area contributed by atoms with Crippen molar-refractivity contribution in [1.82, 2.24) is 0 Å². The van der Waals surface area contributed by atoms with Crippen LogP contribution in [0.25, 0.3) is 6.08 Å². The number of benzene rings is 2. The highest BCUT2D eigenvalue weighted by molar-refractivity contribution is 6.32. The Labute approximate surface area is 167 Å². The fourth-order valence-electron chi connectivity index (χ4n) is 3.10. The van der Waals surface area contributed by atoms with Crippen LogP contribution < -0.4 is 10.6 Å². The van der Waals surface area contributed by atoms with Crippen molar-refractivity contribution < 1.29 is 0 Å². The highest BCUT2D eigenvalue weighted by Gasteiger charge is 2.26. The molecule has 0 heterocycles. The molecule has 0 saturated carbocycles. The molecular weight excluding hydrogens is 363 g/mol. The summed E-state index contributed by atoms with van der Waals surface area (Å²) >= 11 is 12.7. The summed E-state index contributed by atoms with van der Waals surface area (Å²) in [5.41, 5.74) is 4.45. The SMILES string of the molecule is CCNc1ccc(/C=C/CC(C)(CC)c2cc(Cl)ccc2NC)c(Cl)c1. The minimum atomic E-state index is -0.00404. The van der Waals surface area contributed by atoms with Crippen LogP contribution in [0, 0.1) is 0 Å². The van der Waals surface area contributed by atoms with Crippen molar-refractivity contribution in [1.29, 1.82) is 0 Å². The highest BCUT2D eigenvalue weighted by atomic mass is 35.5. The Morgan fingerprint density at radius 2 is 1.85 bits per heavy atom. The topological polar surface area (TPSA) is 24.1 Å². The van der Waals surface area contributed by atoms with Gasteiger partial charge in [-0.25, -0.2) is 0 Å². The fraction of sp³-hybridized carbons (Fsp3) is 0.364. The molecule has 2 aromatic rings. The standard InChI is InChI=1S/C22H28Cl2N2/c1-5-22(3,19-14-17(23)10-12-21(19)25-4)13-7-8-16-9-11-18(26-6-2)15-20(16)24/h7-12,14-15,25-26H,5-6,13H2,1-4H3/b8-7+.